The summed E-state index contributed by atoms with van der Waals surface area (Å²) in [5, 5.41) is 6.56. The summed E-state index contributed by atoms with van der Waals surface area (Å²) in [5.41, 5.74) is 0. The normalized spacial score (nSPS) is 15.2. The summed E-state index contributed by atoms with van der Waals surface area (Å²) in [6, 6.07) is 0. The van der Waals surface area contributed by atoms with Crippen LogP contribution in [0.3, 0.4) is 0 Å². The van der Waals surface area contributed by atoms with Crippen LogP contribution in [0.2, 0.25) is 0 Å². The third-order valence-electron chi connectivity index (χ3n) is 1.33. The predicted molar refractivity (Wildman–Crippen MR) is 37.4 cm³/mol. The maximum Gasteiger partial charge on any atom is 0.104 e. The first-order valence-electron chi connectivity index (χ1n) is 3.08. The molecule has 0 aliphatic heterocycles. The van der Waals surface area contributed by atoms with Crippen LogP contribution in [0.25, 0.3) is 0 Å². The molecule has 0 saturated carbocycles. The van der Waals surface area contributed by atoms with E-state index in [-0.39, 0.29) is 11.7 Å². The first-order chi connectivity index (χ1) is 4.22. The molecule has 0 amide bonds. The average molecular weight is 129 g/mol. The van der Waals surface area contributed by atoms with Gasteiger partial charge in [0.15, 0.2) is 0 Å². The molecular formula is C7H12FN. The van der Waals surface area contributed by atoms with E-state index in [0.717, 1.165) is 12.6 Å². The molecule has 9 heavy (non-hydrogen) atoms. The van der Waals surface area contributed by atoms with Crippen molar-refractivity contribution in [2.75, 3.05) is 0 Å². The van der Waals surface area contributed by atoms with Crippen LogP contribution in [0.15, 0.2) is 11.9 Å². The van der Waals surface area contributed by atoms with E-state index in [1.54, 1.807) is 6.92 Å². The highest BCUT2D eigenvalue weighted by atomic mass is 19.1. The number of hydrogen-bond donors (Lipinski definition) is 1. The van der Waals surface area contributed by atoms with Gasteiger partial charge < -0.3 is 5.41 Å². The highest BCUT2D eigenvalue weighted by molar-refractivity contribution is 5.68. The van der Waals surface area contributed by atoms with Gasteiger partial charge in [-0.05, 0) is 12.5 Å². The lowest BCUT2D eigenvalue weighted by molar-refractivity contribution is 0.484. The lowest BCUT2D eigenvalue weighted by Crippen LogP contribution is -1.91. The van der Waals surface area contributed by atoms with Crippen molar-refractivity contribution in [3.05, 3.63) is 11.9 Å². The number of rotatable bonds is 3. The Balaban J connectivity index is 3.84. The van der Waals surface area contributed by atoms with Gasteiger partial charge in [0.05, 0.1) is 0 Å². The van der Waals surface area contributed by atoms with Gasteiger partial charge in [-0.1, -0.05) is 13.8 Å². The Hall–Kier alpha value is -0.660. The van der Waals surface area contributed by atoms with E-state index in [4.69, 9.17) is 5.41 Å². The van der Waals surface area contributed by atoms with Gasteiger partial charge in [-0.25, -0.2) is 4.39 Å². The van der Waals surface area contributed by atoms with E-state index in [1.165, 1.54) is 6.08 Å². The first kappa shape index (κ1) is 8.34. The third-order valence-corrected chi connectivity index (χ3v) is 1.33. The minimum Gasteiger partial charge on any atom is -0.309 e. The summed E-state index contributed by atoms with van der Waals surface area (Å²) in [7, 11) is 0. The van der Waals surface area contributed by atoms with Crippen LogP contribution in [-0.4, -0.2) is 6.21 Å². The molecule has 0 aliphatic rings. The highest BCUT2D eigenvalue weighted by Gasteiger charge is 2.02. The van der Waals surface area contributed by atoms with Gasteiger partial charge >= 0.3 is 0 Å². The Morgan fingerprint density at radius 3 is 2.67 bits per heavy atom. The maximum absolute atomic E-state index is 12.5. The van der Waals surface area contributed by atoms with Crippen molar-refractivity contribution in [2.24, 2.45) is 5.92 Å². The second kappa shape index (κ2) is 4.24. The summed E-state index contributed by atoms with van der Waals surface area (Å²) in [6.07, 6.45) is 2.95. The van der Waals surface area contributed by atoms with E-state index in [2.05, 4.69) is 0 Å². The summed E-state index contributed by atoms with van der Waals surface area (Å²) in [6.45, 7) is 3.72. The molecule has 0 aromatic heterocycles. The van der Waals surface area contributed by atoms with Gasteiger partial charge in [0.25, 0.3) is 0 Å². The Bertz CT molecular complexity index is 118. The van der Waals surface area contributed by atoms with E-state index < -0.39 is 0 Å². The maximum atomic E-state index is 12.5. The molecule has 2 heteroatoms. The van der Waals surface area contributed by atoms with Crippen molar-refractivity contribution in [3.8, 4) is 0 Å². The number of hydrogen-bond acceptors (Lipinski definition) is 1. The van der Waals surface area contributed by atoms with Gasteiger partial charge in [0.2, 0.25) is 0 Å². The molecule has 0 fully saturated rings. The fourth-order valence-corrected chi connectivity index (χ4v) is 0.439. The number of halogens is 1. The minimum atomic E-state index is -0.201. The molecule has 1 unspecified atom stereocenters. The Labute approximate surface area is 55.1 Å². The molecule has 0 rings (SSSR count). The van der Waals surface area contributed by atoms with Crippen molar-refractivity contribution in [2.45, 2.75) is 20.3 Å². The Morgan fingerprint density at radius 2 is 2.33 bits per heavy atom. The van der Waals surface area contributed by atoms with Crippen molar-refractivity contribution in [1.82, 2.24) is 0 Å². The van der Waals surface area contributed by atoms with Crippen LogP contribution in [0, 0.1) is 11.3 Å². The molecule has 0 saturated heterocycles. The molecule has 0 radical (unpaired) electrons. The van der Waals surface area contributed by atoms with E-state index in [0.29, 0.717) is 0 Å². The molecule has 0 spiro atoms. The fourth-order valence-electron chi connectivity index (χ4n) is 0.439. The van der Waals surface area contributed by atoms with Gasteiger partial charge in [0.1, 0.15) is 5.83 Å². The lowest BCUT2D eigenvalue weighted by atomic mass is 10.1. The molecule has 52 valence electrons. The van der Waals surface area contributed by atoms with Crippen molar-refractivity contribution < 1.29 is 4.39 Å². The van der Waals surface area contributed by atoms with Gasteiger partial charge in [-0.3, -0.25) is 0 Å². The van der Waals surface area contributed by atoms with Crippen LogP contribution < -0.4 is 0 Å². The second-order valence-electron chi connectivity index (χ2n) is 2.03. The molecular weight excluding hydrogens is 117 g/mol. The quantitative estimate of drug-likeness (QED) is 0.566. The zero-order valence-electron chi connectivity index (χ0n) is 5.82. The molecule has 1 nitrogen and oxygen atoms in total. The fraction of sp³-hybridized carbons (Fsp3) is 0.571. The second-order valence-corrected chi connectivity index (χ2v) is 2.03. The van der Waals surface area contributed by atoms with E-state index >= 15 is 0 Å². The van der Waals surface area contributed by atoms with Gasteiger partial charge in [-0.15, -0.1) is 0 Å². The lowest BCUT2D eigenvalue weighted by Gasteiger charge is -2.01. The average Bonchev–Trinajstić information content (AvgIpc) is 1.87. The summed E-state index contributed by atoms with van der Waals surface area (Å²) >= 11 is 0. The molecule has 0 aliphatic carbocycles. The van der Waals surface area contributed by atoms with Crippen LogP contribution in [0.1, 0.15) is 20.3 Å². The van der Waals surface area contributed by atoms with Crippen molar-refractivity contribution in [3.63, 3.8) is 0 Å². The largest absolute Gasteiger partial charge is 0.309 e. The smallest absolute Gasteiger partial charge is 0.104 e. The molecule has 0 bridgehead atoms. The molecule has 0 heterocycles. The highest BCUT2D eigenvalue weighted by Crippen LogP contribution is 2.13. The van der Waals surface area contributed by atoms with Gasteiger partial charge in [0, 0.05) is 12.1 Å². The van der Waals surface area contributed by atoms with E-state index in [1.807, 2.05) is 6.92 Å². The summed E-state index contributed by atoms with van der Waals surface area (Å²) in [5.74, 6) is -0.237. The van der Waals surface area contributed by atoms with Crippen LogP contribution in [0.5, 0.6) is 0 Å². The third kappa shape index (κ3) is 3.01. The van der Waals surface area contributed by atoms with Crippen molar-refractivity contribution in [1.29, 1.82) is 5.41 Å². The molecule has 1 atom stereocenters. The van der Waals surface area contributed by atoms with E-state index in [9.17, 15) is 4.39 Å². The van der Waals surface area contributed by atoms with Crippen molar-refractivity contribution >= 4 is 6.21 Å². The standard InChI is InChI=1S/C7H12FN/c1-3-6(2)7(8)4-5-9/h4-6,9H,3H2,1-2H3/b7-4-,9-5?. The number of nitrogens with one attached hydrogen (secondary N) is 1. The summed E-state index contributed by atoms with van der Waals surface area (Å²) < 4.78 is 12.5. The van der Waals surface area contributed by atoms with Crippen LogP contribution in [0.4, 0.5) is 4.39 Å². The zero-order valence-corrected chi connectivity index (χ0v) is 5.82. The molecule has 0 aromatic rings. The van der Waals surface area contributed by atoms with Crippen LogP contribution >= 0.6 is 0 Å². The molecule has 1 N–H and O–H groups in total. The zero-order chi connectivity index (χ0) is 7.28. The molecule has 0 aromatic carbocycles. The SMILES string of the molecule is CCC(C)/C(F)=C/C=N. The first-order valence-corrected chi connectivity index (χ1v) is 3.08. The monoisotopic (exact) mass is 129 g/mol. The number of allylic oxidation sites excluding steroid dienone is 2. The Morgan fingerprint density at radius 1 is 1.78 bits per heavy atom. The Kier molecular flexibility index (Phi) is 3.93. The van der Waals surface area contributed by atoms with Gasteiger partial charge in [-0.2, -0.15) is 0 Å². The summed E-state index contributed by atoms with van der Waals surface area (Å²) in [4.78, 5) is 0. The predicted octanol–water partition coefficient (Wildman–Crippen LogP) is 2.54. The topological polar surface area (TPSA) is 23.9 Å². The van der Waals surface area contributed by atoms with Crippen LogP contribution in [-0.2, 0) is 0 Å². The minimum absolute atomic E-state index is 0.0356.